The van der Waals surface area contributed by atoms with Crippen molar-refractivity contribution in [2.75, 3.05) is 5.32 Å². The Kier molecular flexibility index (Phi) is 4.74. The van der Waals surface area contributed by atoms with Crippen molar-refractivity contribution < 1.29 is 19.3 Å². The van der Waals surface area contributed by atoms with Gasteiger partial charge in [0.1, 0.15) is 9.34 Å². The van der Waals surface area contributed by atoms with E-state index in [1.807, 2.05) is 0 Å². The number of hydrogen-bond donors (Lipinski definition) is 2. The number of anilines is 1. The number of halogens is 1. The lowest BCUT2D eigenvalue weighted by Gasteiger charge is -2.07. The molecule has 11 heteroatoms. The van der Waals surface area contributed by atoms with Gasteiger partial charge < -0.3 is 10.6 Å². The van der Waals surface area contributed by atoms with E-state index in [2.05, 4.69) is 10.6 Å². The molecule has 1 saturated heterocycles. The summed E-state index contributed by atoms with van der Waals surface area (Å²) < 4.78 is 0.110. The van der Waals surface area contributed by atoms with Gasteiger partial charge >= 0.3 is 0 Å². The molecule has 0 saturated carbocycles. The standard InChI is InChI=1S/C11H6ClN3O5S2/c12-5-2-1-4(3-6(5)15(19)20)13-9(17)7(16)8-10(18)14-11(21)22-8/h1-3,8H,(H,13,17)(H,14,18,21)/t8-/m0/s1. The van der Waals surface area contributed by atoms with Crippen molar-refractivity contribution in [2.45, 2.75) is 5.25 Å². The summed E-state index contributed by atoms with van der Waals surface area (Å²) in [5, 5.41) is 13.8. The first-order valence-corrected chi connectivity index (χ1v) is 7.27. The van der Waals surface area contributed by atoms with E-state index in [0.29, 0.717) is 0 Å². The van der Waals surface area contributed by atoms with Crippen LogP contribution in [0.4, 0.5) is 11.4 Å². The summed E-state index contributed by atoms with van der Waals surface area (Å²) in [6.07, 6.45) is 0. The van der Waals surface area contributed by atoms with Gasteiger partial charge in [0, 0.05) is 11.8 Å². The Hall–Kier alpha value is -2.04. The first-order valence-electron chi connectivity index (χ1n) is 5.60. The minimum Gasteiger partial charge on any atom is -0.319 e. The van der Waals surface area contributed by atoms with Gasteiger partial charge in [-0.1, -0.05) is 35.6 Å². The molecule has 1 aromatic rings. The summed E-state index contributed by atoms with van der Waals surface area (Å²) in [6.45, 7) is 0. The molecule has 0 radical (unpaired) electrons. The van der Waals surface area contributed by atoms with E-state index in [0.717, 1.165) is 17.8 Å². The Labute approximate surface area is 137 Å². The molecular formula is C11H6ClN3O5S2. The number of amides is 2. The minimum absolute atomic E-state index is 0.0143. The van der Waals surface area contributed by atoms with Crippen molar-refractivity contribution in [3.8, 4) is 0 Å². The van der Waals surface area contributed by atoms with E-state index in [-0.39, 0.29) is 15.0 Å². The van der Waals surface area contributed by atoms with Crippen molar-refractivity contribution in [3.05, 3.63) is 33.3 Å². The molecule has 8 nitrogen and oxygen atoms in total. The highest BCUT2D eigenvalue weighted by atomic mass is 35.5. The van der Waals surface area contributed by atoms with Crippen LogP contribution in [0.2, 0.25) is 5.02 Å². The van der Waals surface area contributed by atoms with Crippen molar-refractivity contribution in [1.29, 1.82) is 0 Å². The highest BCUT2D eigenvalue weighted by Gasteiger charge is 2.38. The Balaban J connectivity index is 2.14. The molecule has 22 heavy (non-hydrogen) atoms. The summed E-state index contributed by atoms with van der Waals surface area (Å²) in [6, 6.07) is 3.53. The van der Waals surface area contributed by atoms with Crippen LogP contribution < -0.4 is 10.6 Å². The average Bonchev–Trinajstić information content (AvgIpc) is 2.78. The Bertz CT molecular complexity index is 724. The summed E-state index contributed by atoms with van der Waals surface area (Å²) in [5.74, 6) is -2.74. The van der Waals surface area contributed by atoms with E-state index in [1.54, 1.807) is 0 Å². The number of carbonyl (C=O) groups excluding carboxylic acids is 3. The van der Waals surface area contributed by atoms with Crippen molar-refractivity contribution in [1.82, 2.24) is 5.32 Å². The second kappa shape index (κ2) is 6.38. The number of ketones is 1. The number of nitrogens with zero attached hydrogens (tertiary/aromatic N) is 1. The molecule has 1 fully saturated rings. The fourth-order valence-electron chi connectivity index (χ4n) is 1.57. The van der Waals surface area contributed by atoms with Gasteiger partial charge in [0.15, 0.2) is 5.25 Å². The molecule has 1 aromatic carbocycles. The second-order valence-electron chi connectivity index (χ2n) is 4.02. The summed E-state index contributed by atoms with van der Waals surface area (Å²) in [5.41, 5.74) is -0.401. The molecular weight excluding hydrogens is 354 g/mol. The molecule has 1 heterocycles. The third-order valence-electron chi connectivity index (χ3n) is 2.55. The van der Waals surface area contributed by atoms with Gasteiger partial charge in [-0.05, 0) is 12.1 Å². The number of Topliss-reactive ketones (excluding diaryl/α,β-unsaturated/α-hetero) is 1. The maximum atomic E-state index is 11.9. The number of thiocarbonyl (C=S) groups is 1. The maximum absolute atomic E-state index is 11.9. The van der Waals surface area contributed by atoms with Gasteiger partial charge in [0.25, 0.3) is 11.6 Å². The van der Waals surface area contributed by atoms with Gasteiger partial charge in [0.05, 0.1) is 4.92 Å². The second-order valence-corrected chi connectivity index (χ2v) is 6.21. The summed E-state index contributed by atoms with van der Waals surface area (Å²) >= 11 is 11.1. The highest BCUT2D eigenvalue weighted by Crippen LogP contribution is 2.27. The van der Waals surface area contributed by atoms with Crippen LogP contribution in [-0.4, -0.2) is 32.1 Å². The zero-order valence-corrected chi connectivity index (χ0v) is 12.9. The normalized spacial score (nSPS) is 17.0. The molecule has 0 bridgehead atoms. The van der Waals surface area contributed by atoms with Crippen LogP contribution in [0.5, 0.6) is 0 Å². The quantitative estimate of drug-likeness (QED) is 0.273. The Morgan fingerprint density at radius 2 is 2.14 bits per heavy atom. The molecule has 0 unspecified atom stereocenters. The number of hydrogen-bond acceptors (Lipinski definition) is 7. The molecule has 2 rings (SSSR count). The third-order valence-corrected chi connectivity index (χ3v) is 4.24. The van der Waals surface area contributed by atoms with Crippen molar-refractivity contribution in [2.24, 2.45) is 0 Å². The van der Waals surface area contributed by atoms with Gasteiger partial charge in [-0.2, -0.15) is 0 Å². The van der Waals surface area contributed by atoms with Gasteiger partial charge in [-0.15, -0.1) is 0 Å². The zero-order chi connectivity index (χ0) is 16.4. The van der Waals surface area contributed by atoms with E-state index >= 15 is 0 Å². The van der Waals surface area contributed by atoms with E-state index in [9.17, 15) is 24.5 Å². The van der Waals surface area contributed by atoms with Crippen LogP contribution >= 0.6 is 35.6 Å². The van der Waals surface area contributed by atoms with Gasteiger partial charge in [0.2, 0.25) is 11.7 Å². The lowest BCUT2D eigenvalue weighted by atomic mass is 10.2. The van der Waals surface area contributed by atoms with Gasteiger partial charge in [-0.3, -0.25) is 24.5 Å². The van der Waals surface area contributed by atoms with Crippen LogP contribution in [-0.2, 0) is 14.4 Å². The molecule has 0 spiro atoms. The molecule has 2 amide bonds. The molecule has 1 atom stereocenters. The minimum atomic E-state index is -1.25. The largest absolute Gasteiger partial charge is 0.319 e. The van der Waals surface area contributed by atoms with Crippen LogP contribution in [0.1, 0.15) is 0 Å². The number of nitro groups is 1. The first-order chi connectivity index (χ1) is 10.3. The number of carbonyl (C=O) groups is 3. The van der Waals surface area contributed by atoms with Crippen LogP contribution in [0, 0.1) is 10.1 Å². The maximum Gasteiger partial charge on any atom is 0.293 e. The molecule has 114 valence electrons. The van der Waals surface area contributed by atoms with Crippen LogP contribution in [0.25, 0.3) is 0 Å². The first kappa shape index (κ1) is 16.3. The summed E-state index contributed by atoms with van der Waals surface area (Å²) in [4.78, 5) is 45.2. The van der Waals surface area contributed by atoms with Crippen LogP contribution in [0.15, 0.2) is 18.2 Å². The van der Waals surface area contributed by atoms with E-state index in [1.165, 1.54) is 12.1 Å². The third kappa shape index (κ3) is 3.40. The van der Waals surface area contributed by atoms with Crippen LogP contribution in [0.3, 0.4) is 0 Å². The number of benzene rings is 1. The smallest absolute Gasteiger partial charge is 0.293 e. The zero-order valence-electron chi connectivity index (χ0n) is 10.5. The van der Waals surface area contributed by atoms with Crippen molar-refractivity contribution >= 4 is 68.9 Å². The number of rotatable bonds is 4. The molecule has 1 aliphatic heterocycles. The predicted octanol–water partition coefficient (Wildman–Crippen LogP) is 1.27. The predicted molar refractivity (Wildman–Crippen MR) is 83.9 cm³/mol. The molecule has 1 aliphatic rings. The average molecular weight is 360 g/mol. The van der Waals surface area contributed by atoms with E-state index < -0.39 is 33.5 Å². The van der Waals surface area contributed by atoms with Gasteiger partial charge in [-0.25, -0.2) is 0 Å². The molecule has 0 aromatic heterocycles. The van der Waals surface area contributed by atoms with E-state index in [4.69, 9.17) is 23.8 Å². The number of thioether (sulfide) groups is 1. The lowest BCUT2D eigenvalue weighted by molar-refractivity contribution is -0.384. The Morgan fingerprint density at radius 3 is 2.68 bits per heavy atom. The Morgan fingerprint density at radius 1 is 1.45 bits per heavy atom. The molecule has 2 N–H and O–H groups in total. The summed E-state index contributed by atoms with van der Waals surface area (Å²) in [7, 11) is 0. The highest BCUT2D eigenvalue weighted by molar-refractivity contribution is 8.25. The fraction of sp³-hybridized carbons (Fsp3) is 0.0909. The topological polar surface area (TPSA) is 118 Å². The molecule has 0 aliphatic carbocycles. The number of nitro benzene ring substituents is 1. The fourth-order valence-corrected chi connectivity index (χ4v) is 2.90. The number of nitrogens with one attached hydrogen (secondary N) is 2. The van der Waals surface area contributed by atoms with Crippen molar-refractivity contribution in [3.63, 3.8) is 0 Å². The SMILES string of the molecule is O=C(Nc1ccc(Cl)c([N+](=O)[O-])c1)C(=O)[C@@H]1SC(=S)NC1=O. The lowest BCUT2D eigenvalue weighted by Crippen LogP contribution is -2.37. The monoisotopic (exact) mass is 359 g/mol.